The van der Waals surface area contributed by atoms with Gasteiger partial charge in [-0.25, -0.2) is 4.39 Å². The first-order valence-corrected chi connectivity index (χ1v) is 10.2. The Hall–Kier alpha value is -1.42. The number of hydrogen-bond donors (Lipinski definition) is 1. The first-order chi connectivity index (χ1) is 12.4. The van der Waals surface area contributed by atoms with Gasteiger partial charge in [-0.3, -0.25) is 4.79 Å². The van der Waals surface area contributed by atoms with E-state index in [0.29, 0.717) is 12.5 Å². The van der Waals surface area contributed by atoms with E-state index in [0.717, 1.165) is 50.9 Å². The fourth-order valence-electron chi connectivity index (χ4n) is 4.11. The summed E-state index contributed by atoms with van der Waals surface area (Å²) in [7, 11) is 0. The topological polar surface area (TPSA) is 32.3 Å². The maximum atomic E-state index is 13.3. The number of amides is 1. The van der Waals surface area contributed by atoms with Crippen LogP contribution in [0.3, 0.4) is 0 Å². The van der Waals surface area contributed by atoms with E-state index in [4.69, 9.17) is 0 Å². The van der Waals surface area contributed by atoms with E-state index in [1.54, 1.807) is 0 Å². The number of nitrogens with zero attached hydrogens (tertiary/aromatic N) is 1. The molecule has 0 unspecified atom stereocenters. The summed E-state index contributed by atoms with van der Waals surface area (Å²) >= 11 is 0. The lowest BCUT2D eigenvalue weighted by molar-refractivity contribution is -0.126. The normalized spacial score (nSPS) is 16.8. The van der Waals surface area contributed by atoms with Crippen LogP contribution in [0.5, 0.6) is 0 Å². The number of hydrogen-bond acceptors (Lipinski definition) is 2. The minimum atomic E-state index is -0.216. The molecular formula is C22H35FN2O. The number of nitrogens with one attached hydrogen (secondary N) is 1. The molecule has 1 aliphatic heterocycles. The molecule has 0 radical (unpaired) electrons. The predicted octanol–water partition coefficient (Wildman–Crippen LogP) is 4.37. The number of likely N-dealkylation sites (tertiary alicyclic amines) is 1. The Morgan fingerprint density at radius 3 is 2.27 bits per heavy atom. The van der Waals surface area contributed by atoms with Crippen molar-refractivity contribution in [3.8, 4) is 0 Å². The van der Waals surface area contributed by atoms with Crippen LogP contribution in [0.4, 0.5) is 4.39 Å². The average Bonchev–Trinajstić information content (AvgIpc) is 2.64. The van der Waals surface area contributed by atoms with Gasteiger partial charge in [0.25, 0.3) is 0 Å². The van der Waals surface area contributed by atoms with Gasteiger partial charge in [0.2, 0.25) is 5.91 Å². The molecule has 26 heavy (non-hydrogen) atoms. The molecule has 0 spiro atoms. The van der Waals surface area contributed by atoms with Gasteiger partial charge in [-0.05, 0) is 62.4 Å². The Kier molecular flexibility index (Phi) is 7.63. The van der Waals surface area contributed by atoms with Crippen LogP contribution in [0, 0.1) is 17.7 Å². The zero-order chi connectivity index (χ0) is 19.2. The number of rotatable bonds is 8. The third-order valence-corrected chi connectivity index (χ3v) is 5.99. The molecule has 1 aliphatic rings. The maximum absolute atomic E-state index is 13.3. The number of benzene rings is 1. The molecule has 0 bridgehead atoms. The predicted molar refractivity (Wildman–Crippen MR) is 106 cm³/mol. The number of halogens is 1. The van der Waals surface area contributed by atoms with E-state index in [1.165, 1.54) is 12.1 Å². The van der Waals surface area contributed by atoms with E-state index in [1.807, 2.05) is 12.1 Å². The van der Waals surface area contributed by atoms with Crippen molar-refractivity contribution in [2.75, 3.05) is 26.2 Å². The SMILES string of the molecule is CCC(CC)(CNC(=O)C1CCN(CC(C)C)CC1)c1ccc(F)cc1. The molecule has 146 valence electrons. The van der Waals surface area contributed by atoms with Gasteiger partial charge in [-0.2, -0.15) is 0 Å². The lowest BCUT2D eigenvalue weighted by atomic mass is 9.75. The summed E-state index contributed by atoms with van der Waals surface area (Å²) < 4.78 is 13.3. The van der Waals surface area contributed by atoms with E-state index in [-0.39, 0.29) is 23.1 Å². The zero-order valence-electron chi connectivity index (χ0n) is 16.9. The molecule has 1 heterocycles. The first kappa shape index (κ1) is 20.9. The zero-order valence-corrected chi connectivity index (χ0v) is 16.9. The van der Waals surface area contributed by atoms with E-state index in [9.17, 15) is 9.18 Å². The summed E-state index contributed by atoms with van der Waals surface area (Å²) in [5, 5.41) is 3.21. The standard InChI is InChI=1S/C22H35FN2O/c1-5-22(6-2,19-7-9-20(23)10-8-19)16-24-21(26)18-11-13-25(14-12-18)15-17(3)4/h7-10,17-18H,5-6,11-16H2,1-4H3,(H,24,26). The van der Waals surface area contributed by atoms with Crippen LogP contribution in [0.2, 0.25) is 0 Å². The van der Waals surface area contributed by atoms with Crippen molar-refractivity contribution >= 4 is 5.91 Å². The van der Waals surface area contributed by atoms with Gasteiger partial charge >= 0.3 is 0 Å². The quantitative estimate of drug-likeness (QED) is 0.745. The first-order valence-electron chi connectivity index (χ1n) is 10.2. The van der Waals surface area contributed by atoms with Crippen molar-refractivity contribution < 1.29 is 9.18 Å². The van der Waals surface area contributed by atoms with Gasteiger partial charge in [-0.1, -0.05) is 39.8 Å². The number of carbonyl (C=O) groups is 1. The molecule has 0 saturated carbocycles. The lowest BCUT2D eigenvalue weighted by Crippen LogP contribution is -2.45. The van der Waals surface area contributed by atoms with Crippen molar-refractivity contribution in [3.63, 3.8) is 0 Å². The highest BCUT2D eigenvalue weighted by atomic mass is 19.1. The fourth-order valence-corrected chi connectivity index (χ4v) is 4.11. The number of piperidine rings is 1. The fraction of sp³-hybridized carbons (Fsp3) is 0.682. The van der Waals surface area contributed by atoms with Crippen molar-refractivity contribution in [2.45, 2.75) is 58.8 Å². The Bertz CT molecular complexity index is 558. The molecular weight excluding hydrogens is 327 g/mol. The van der Waals surface area contributed by atoms with Gasteiger partial charge in [0.05, 0.1) is 0 Å². The molecule has 4 heteroatoms. The van der Waals surface area contributed by atoms with Crippen molar-refractivity contribution in [3.05, 3.63) is 35.6 Å². The summed E-state index contributed by atoms with van der Waals surface area (Å²) in [5.74, 6) is 0.762. The van der Waals surface area contributed by atoms with Gasteiger partial charge in [0.15, 0.2) is 0 Å². The minimum absolute atomic E-state index is 0.123. The van der Waals surface area contributed by atoms with Crippen LogP contribution in [0.1, 0.15) is 58.9 Å². The molecule has 1 amide bonds. The average molecular weight is 363 g/mol. The van der Waals surface area contributed by atoms with Gasteiger partial charge in [-0.15, -0.1) is 0 Å². The Labute approximate surface area is 158 Å². The monoisotopic (exact) mass is 362 g/mol. The van der Waals surface area contributed by atoms with Gasteiger partial charge < -0.3 is 10.2 Å². The number of carbonyl (C=O) groups excluding carboxylic acids is 1. The smallest absolute Gasteiger partial charge is 0.223 e. The molecule has 1 fully saturated rings. The minimum Gasteiger partial charge on any atom is -0.355 e. The third-order valence-electron chi connectivity index (χ3n) is 5.99. The molecule has 3 nitrogen and oxygen atoms in total. The Balaban J connectivity index is 1.93. The second-order valence-electron chi connectivity index (χ2n) is 8.18. The van der Waals surface area contributed by atoms with Crippen LogP contribution < -0.4 is 5.32 Å². The summed E-state index contributed by atoms with van der Waals surface area (Å²) in [4.78, 5) is 15.2. The van der Waals surface area contributed by atoms with E-state index < -0.39 is 0 Å². The molecule has 1 saturated heterocycles. The highest BCUT2D eigenvalue weighted by molar-refractivity contribution is 5.78. The molecule has 0 aliphatic carbocycles. The Morgan fingerprint density at radius 2 is 1.77 bits per heavy atom. The third kappa shape index (κ3) is 5.29. The molecule has 2 rings (SSSR count). The highest BCUT2D eigenvalue weighted by Gasteiger charge is 2.31. The molecule has 1 aromatic rings. The van der Waals surface area contributed by atoms with Crippen LogP contribution in [-0.2, 0) is 10.2 Å². The molecule has 1 N–H and O–H groups in total. The molecule has 1 aromatic carbocycles. The largest absolute Gasteiger partial charge is 0.355 e. The summed E-state index contributed by atoms with van der Waals surface area (Å²) in [6.07, 6.45) is 3.73. The summed E-state index contributed by atoms with van der Waals surface area (Å²) in [6, 6.07) is 6.75. The van der Waals surface area contributed by atoms with Crippen LogP contribution in [0.25, 0.3) is 0 Å². The molecule has 0 aromatic heterocycles. The molecule has 0 atom stereocenters. The van der Waals surface area contributed by atoms with Crippen molar-refractivity contribution in [1.29, 1.82) is 0 Å². The lowest BCUT2D eigenvalue weighted by Gasteiger charge is -2.35. The second-order valence-corrected chi connectivity index (χ2v) is 8.18. The van der Waals surface area contributed by atoms with Crippen LogP contribution in [0.15, 0.2) is 24.3 Å². The van der Waals surface area contributed by atoms with E-state index >= 15 is 0 Å². The second kappa shape index (κ2) is 9.50. The van der Waals surface area contributed by atoms with Crippen LogP contribution in [-0.4, -0.2) is 37.0 Å². The van der Waals surface area contributed by atoms with Gasteiger partial charge in [0.1, 0.15) is 5.82 Å². The van der Waals surface area contributed by atoms with Crippen LogP contribution >= 0.6 is 0 Å². The summed E-state index contributed by atoms with van der Waals surface area (Å²) in [5.41, 5.74) is 0.984. The highest BCUT2D eigenvalue weighted by Crippen LogP contribution is 2.31. The maximum Gasteiger partial charge on any atom is 0.223 e. The van der Waals surface area contributed by atoms with Gasteiger partial charge in [0, 0.05) is 24.4 Å². The van der Waals surface area contributed by atoms with Crippen molar-refractivity contribution in [2.24, 2.45) is 11.8 Å². The Morgan fingerprint density at radius 1 is 1.19 bits per heavy atom. The van der Waals surface area contributed by atoms with Crippen molar-refractivity contribution in [1.82, 2.24) is 10.2 Å². The van der Waals surface area contributed by atoms with E-state index in [2.05, 4.69) is 37.9 Å². The summed E-state index contributed by atoms with van der Waals surface area (Å²) in [6.45, 7) is 12.5.